The number of carbonyl (C=O) groups is 1. The minimum absolute atomic E-state index is 0.165. The number of aryl methyl sites for hydroxylation is 1. The first-order valence-corrected chi connectivity index (χ1v) is 8.32. The lowest BCUT2D eigenvalue weighted by molar-refractivity contribution is 0.0947. The van der Waals surface area contributed by atoms with E-state index >= 15 is 0 Å². The maximum atomic E-state index is 11.9. The number of amides is 1. The smallest absolute Gasteiger partial charge is 0.268 e. The fourth-order valence-corrected chi connectivity index (χ4v) is 3.61. The normalized spacial score (nSPS) is 10.8. The van der Waals surface area contributed by atoms with Crippen molar-refractivity contribution in [1.29, 1.82) is 0 Å². The van der Waals surface area contributed by atoms with Crippen LogP contribution in [0.2, 0.25) is 5.02 Å². The fourth-order valence-electron chi connectivity index (χ4n) is 1.85. The number of aromatic nitrogens is 2. The highest BCUT2D eigenvalue weighted by Crippen LogP contribution is 2.28. The zero-order chi connectivity index (χ0) is 14.8. The SMILES string of the molecule is Cc1nc(-c2ccc(CNC(=O)c3cc(Cl)c[nH]3)s2)cs1. The Bertz CT molecular complexity index is 775. The van der Waals surface area contributed by atoms with E-state index in [1.165, 1.54) is 0 Å². The molecule has 0 spiro atoms. The van der Waals surface area contributed by atoms with E-state index in [4.69, 9.17) is 11.6 Å². The summed E-state index contributed by atoms with van der Waals surface area (Å²) in [6.07, 6.45) is 1.59. The van der Waals surface area contributed by atoms with Crippen LogP contribution < -0.4 is 5.32 Å². The third kappa shape index (κ3) is 3.34. The zero-order valence-corrected chi connectivity index (χ0v) is 13.5. The molecule has 21 heavy (non-hydrogen) atoms. The number of hydrogen-bond acceptors (Lipinski definition) is 4. The summed E-state index contributed by atoms with van der Waals surface area (Å²) in [6, 6.07) is 5.65. The van der Waals surface area contributed by atoms with Crippen molar-refractivity contribution < 1.29 is 4.79 Å². The maximum absolute atomic E-state index is 11.9. The summed E-state index contributed by atoms with van der Waals surface area (Å²) in [4.78, 5) is 21.4. The van der Waals surface area contributed by atoms with E-state index < -0.39 is 0 Å². The van der Waals surface area contributed by atoms with Crippen LogP contribution in [0, 0.1) is 6.92 Å². The summed E-state index contributed by atoms with van der Waals surface area (Å²) in [7, 11) is 0. The molecule has 0 aromatic carbocycles. The molecular formula is C14H12ClN3OS2. The van der Waals surface area contributed by atoms with Gasteiger partial charge in [0.25, 0.3) is 5.91 Å². The van der Waals surface area contributed by atoms with Crippen LogP contribution in [0.25, 0.3) is 10.6 Å². The molecular weight excluding hydrogens is 326 g/mol. The Hall–Kier alpha value is -1.63. The van der Waals surface area contributed by atoms with E-state index in [0.717, 1.165) is 20.5 Å². The molecule has 0 aliphatic rings. The van der Waals surface area contributed by atoms with Crippen molar-refractivity contribution in [3.8, 4) is 10.6 Å². The molecule has 3 heterocycles. The third-order valence-corrected chi connectivity index (χ3v) is 4.95. The first-order chi connectivity index (χ1) is 10.1. The van der Waals surface area contributed by atoms with Gasteiger partial charge in [-0.15, -0.1) is 22.7 Å². The predicted molar refractivity (Wildman–Crippen MR) is 87.1 cm³/mol. The Kier molecular flexibility index (Phi) is 4.10. The van der Waals surface area contributed by atoms with Crippen molar-refractivity contribution >= 4 is 40.2 Å². The van der Waals surface area contributed by atoms with E-state index in [1.807, 2.05) is 24.4 Å². The number of halogens is 1. The monoisotopic (exact) mass is 337 g/mol. The minimum atomic E-state index is -0.165. The van der Waals surface area contributed by atoms with E-state index in [9.17, 15) is 4.79 Å². The van der Waals surface area contributed by atoms with Crippen molar-refractivity contribution in [2.75, 3.05) is 0 Å². The molecule has 0 radical (unpaired) electrons. The van der Waals surface area contributed by atoms with Crippen molar-refractivity contribution in [3.05, 3.63) is 50.4 Å². The number of nitrogens with zero attached hydrogens (tertiary/aromatic N) is 1. The summed E-state index contributed by atoms with van der Waals surface area (Å²) >= 11 is 9.05. The van der Waals surface area contributed by atoms with Crippen LogP contribution in [0.3, 0.4) is 0 Å². The van der Waals surface area contributed by atoms with Gasteiger partial charge in [-0.25, -0.2) is 4.98 Å². The Labute approximate surface area is 134 Å². The highest BCUT2D eigenvalue weighted by Gasteiger charge is 2.10. The number of thiophene rings is 1. The van der Waals surface area contributed by atoms with Gasteiger partial charge in [-0.05, 0) is 25.1 Å². The van der Waals surface area contributed by atoms with Crippen molar-refractivity contribution in [1.82, 2.24) is 15.3 Å². The average Bonchev–Trinajstić information content (AvgIpc) is 3.16. The van der Waals surface area contributed by atoms with Gasteiger partial charge in [0.1, 0.15) is 5.69 Å². The number of aromatic amines is 1. The molecule has 0 saturated heterocycles. The van der Waals surface area contributed by atoms with Gasteiger partial charge in [0, 0.05) is 16.5 Å². The second-order valence-electron chi connectivity index (χ2n) is 4.43. The largest absolute Gasteiger partial charge is 0.356 e. The first-order valence-electron chi connectivity index (χ1n) is 6.25. The molecule has 7 heteroatoms. The fraction of sp³-hybridized carbons (Fsp3) is 0.143. The highest BCUT2D eigenvalue weighted by molar-refractivity contribution is 7.16. The third-order valence-electron chi connectivity index (χ3n) is 2.85. The number of nitrogens with one attached hydrogen (secondary N) is 2. The van der Waals surface area contributed by atoms with Gasteiger partial charge < -0.3 is 10.3 Å². The van der Waals surface area contributed by atoms with Crippen LogP contribution in [0.15, 0.2) is 29.8 Å². The topological polar surface area (TPSA) is 57.8 Å². The molecule has 3 rings (SSSR count). The molecule has 0 unspecified atom stereocenters. The number of hydrogen-bond donors (Lipinski definition) is 2. The summed E-state index contributed by atoms with van der Waals surface area (Å²) in [5.74, 6) is -0.165. The zero-order valence-electron chi connectivity index (χ0n) is 11.1. The molecule has 0 aliphatic carbocycles. The Morgan fingerprint density at radius 1 is 1.48 bits per heavy atom. The number of carbonyl (C=O) groups excluding carboxylic acids is 1. The lowest BCUT2D eigenvalue weighted by atomic mass is 10.3. The van der Waals surface area contributed by atoms with Gasteiger partial charge in [-0.2, -0.15) is 0 Å². The summed E-state index contributed by atoms with van der Waals surface area (Å²) in [5, 5.41) is 6.49. The molecule has 3 aromatic rings. The van der Waals surface area contributed by atoms with Gasteiger partial charge >= 0.3 is 0 Å². The van der Waals surface area contributed by atoms with Gasteiger partial charge in [0.15, 0.2) is 0 Å². The molecule has 4 nitrogen and oxygen atoms in total. The second-order valence-corrected chi connectivity index (χ2v) is 7.10. The van der Waals surface area contributed by atoms with Crippen LogP contribution >= 0.6 is 34.3 Å². The maximum Gasteiger partial charge on any atom is 0.268 e. The molecule has 0 fully saturated rings. The van der Waals surface area contributed by atoms with Gasteiger partial charge in [-0.3, -0.25) is 4.79 Å². The molecule has 0 aliphatic heterocycles. The van der Waals surface area contributed by atoms with Crippen LogP contribution in [0.4, 0.5) is 0 Å². The molecule has 2 N–H and O–H groups in total. The number of thiazole rings is 1. The second kappa shape index (κ2) is 6.01. The Morgan fingerprint density at radius 3 is 3.00 bits per heavy atom. The van der Waals surface area contributed by atoms with Gasteiger partial charge in [0.2, 0.25) is 0 Å². The molecule has 0 bridgehead atoms. The van der Waals surface area contributed by atoms with Crippen molar-refractivity contribution in [2.45, 2.75) is 13.5 Å². The molecule has 3 aromatic heterocycles. The van der Waals surface area contributed by atoms with Crippen LogP contribution in [-0.4, -0.2) is 15.9 Å². The molecule has 0 atom stereocenters. The summed E-state index contributed by atoms with van der Waals surface area (Å²) in [6.45, 7) is 2.48. The summed E-state index contributed by atoms with van der Waals surface area (Å²) < 4.78 is 0. The van der Waals surface area contributed by atoms with E-state index in [1.54, 1.807) is 34.9 Å². The van der Waals surface area contributed by atoms with Crippen LogP contribution in [-0.2, 0) is 6.54 Å². The Morgan fingerprint density at radius 2 is 2.33 bits per heavy atom. The van der Waals surface area contributed by atoms with E-state index in [2.05, 4.69) is 15.3 Å². The Balaban J connectivity index is 1.64. The van der Waals surface area contributed by atoms with Crippen LogP contribution in [0.5, 0.6) is 0 Å². The van der Waals surface area contributed by atoms with Gasteiger partial charge in [-0.1, -0.05) is 11.6 Å². The number of rotatable bonds is 4. The first kappa shape index (κ1) is 14.3. The van der Waals surface area contributed by atoms with Crippen molar-refractivity contribution in [2.24, 2.45) is 0 Å². The van der Waals surface area contributed by atoms with Gasteiger partial charge in [0.05, 0.1) is 27.1 Å². The minimum Gasteiger partial charge on any atom is -0.356 e. The van der Waals surface area contributed by atoms with E-state index in [0.29, 0.717) is 17.3 Å². The van der Waals surface area contributed by atoms with Crippen molar-refractivity contribution in [3.63, 3.8) is 0 Å². The molecule has 108 valence electrons. The quantitative estimate of drug-likeness (QED) is 0.753. The standard InChI is InChI=1S/C14H12ClN3OS2/c1-8-18-12(7-20-8)13-3-2-10(21-13)6-17-14(19)11-4-9(15)5-16-11/h2-5,7,16H,6H2,1H3,(H,17,19). The predicted octanol–water partition coefficient (Wildman–Crippen LogP) is 4.09. The highest BCUT2D eigenvalue weighted by atomic mass is 35.5. The molecule has 0 saturated carbocycles. The average molecular weight is 338 g/mol. The van der Waals surface area contributed by atoms with Crippen LogP contribution in [0.1, 0.15) is 20.4 Å². The number of H-pyrrole nitrogens is 1. The summed E-state index contributed by atoms with van der Waals surface area (Å²) in [5.41, 5.74) is 1.46. The lowest BCUT2D eigenvalue weighted by Gasteiger charge is -2.01. The molecule has 1 amide bonds. The lowest BCUT2D eigenvalue weighted by Crippen LogP contribution is -2.22. The van der Waals surface area contributed by atoms with E-state index in [-0.39, 0.29) is 5.91 Å².